The number of carbonyl (C=O) groups excluding carboxylic acids is 1. The molecular formula is C20H13Br2N3O2. The lowest BCUT2D eigenvalue weighted by molar-refractivity contribution is -0.117. The van der Waals surface area contributed by atoms with E-state index >= 15 is 0 Å². The largest absolute Gasteiger partial charge is 0.493 e. The van der Waals surface area contributed by atoms with Gasteiger partial charge in [0.15, 0.2) is 5.69 Å². The molecule has 0 atom stereocenters. The van der Waals surface area contributed by atoms with Crippen LogP contribution in [-0.2, 0) is 11.2 Å². The van der Waals surface area contributed by atoms with Crippen molar-refractivity contribution in [1.29, 1.82) is 0 Å². The van der Waals surface area contributed by atoms with Crippen LogP contribution >= 0.6 is 31.9 Å². The smallest absolute Gasteiger partial charge is 0.269 e. The molecule has 1 aromatic heterocycles. The van der Waals surface area contributed by atoms with Gasteiger partial charge in [0, 0.05) is 14.3 Å². The van der Waals surface area contributed by atoms with Crippen LogP contribution in [0.2, 0.25) is 0 Å². The van der Waals surface area contributed by atoms with Gasteiger partial charge in [-0.15, -0.1) is 10.2 Å². The number of rotatable bonds is 3. The maximum absolute atomic E-state index is 12.4. The standard InChI is InChI=1S/C20H13Br2N3O2/c21-12-6-8-17-15(10-12)19(20(27)23-17)25-24-18(26)9-11-5-7-16(22)14-4-2-1-3-13(11)14/h1-8,10,23,27H,9H2. The van der Waals surface area contributed by atoms with Crippen LogP contribution in [0, 0.1) is 0 Å². The topological polar surface area (TPSA) is 77.8 Å². The Labute approximate surface area is 171 Å². The molecule has 0 bridgehead atoms. The number of hydrogen-bond donors (Lipinski definition) is 2. The first kappa shape index (κ1) is 17.9. The first-order valence-corrected chi connectivity index (χ1v) is 9.72. The first-order valence-electron chi connectivity index (χ1n) is 8.14. The average Bonchev–Trinajstić information content (AvgIpc) is 2.97. The highest BCUT2D eigenvalue weighted by atomic mass is 79.9. The van der Waals surface area contributed by atoms with E-state index in [4.69, 9.17) is 0 Å². The molecular weight excluding hydrogens is 474 g/mol. The summed E-state index contributed by atoms with van der Waals surface area (Å²) in [7, 11) is 0. The number of H-pyrrole nitrogens is 1. The molecule has 0 unspecified atom stereocenters. The molecule has 134 valence electrons. The summed E-state index contributed by atoms with van der Waals surface area (Å²) >= 11 is 6.92. The molecule has 27 heavy (non-hydrogen) atoms. The van der Waals surface area contributed by atoms with Gasteiger partial charge in [-0.3, -0.25) is 4.79 Å². The third-order valence-corrected chi connectivity index (χ3v) is 5.46. The van der Waals surface area contributed by atoms with Crippen molar-refractivity contribution in [3.8, 4) is 5.88 Å². The van der Waals surface area contributed by atoms with E-state index in [0.29, 0.717) is 5.39 Å². The molecule has 5 nitrogen and oxygen atoms in total. The van der Waals surface area contributed by atoms with Crippen molar-refractivity contribution >= 4 is 65.1 Å². The predicted octanol–water partition coefficient (Wildman–Crippen LogP) is 6.40. The van der Waals surface area contributed by atoms with Crippen molar-refractivity contribution in [2.24, 2.45) is 10.2 Å². The quantitative estimate of drug-likeness (QED) is 0.328. The number of nitrogens with one attached hydrogen (secondary N) is 1. The Morgan fingerprint density at radius 3 is 2.59 bits per heavy atom. The third kappa shape index (κ3) is 3.52. The molecule has 2 N–H and O–H groups in total. The van der Waals surface area contributed by atoms with Crippen LogP contribution in [-0.4, -0.2) is 16.0 Å². The minimum absolute atomic E-state index is 0.117. The zero-order valence-electron chi connectivity index (χ0n) is 13.9. The first-order chi connectivity index (χ1) is 13.0. The summed E-state index contributed by atoms with van der Waals surface area (Å²) in [5.74, 6) is -0.500. The van der Waals surface area contributed by atoms with Crippen LogP contribution in [0.1, 0.15) is 5.56 Å². The second kappa shape index (κ2) is 7.25. The molecule has 0 spiro atoms. The molecule has 0 aliphatic heterocycles. The number of aromatic amines is 1. The summed E-state index contributed by atoms with van der Waals surface area (Å²) < 4.78 is 1.82. The molecule has 0 aliphatic carbocycles. The van der Waals surface area contributed by atoms with E-state index in [2.05, 4.69) is 47.1 Å². The number of amides is 1. The van der Waals surface area contributed by atoms with Crippen LogP contribution < -0.4 is 0 Å². The number of fused-ring (bicyclic) bond motifs is 2. The number of halogens is 2. The number of azo groups is 1. The van der Waals surface area contributed by atoms with Crippen LogP contribution in [0.15, 0.2) is 73.8 Å². The van der Waals surface area contributed by atoms with Gasteiger partial charge < -0.3 is 10.1 Å². The fourth-order valence-corrected chi connectivity index (χ4v) is 3.86. The molecule has 3 aromatic carbocycles. The summed E-state index contributed by atoms with van der Waals surface area (Å²) in [6.07, 6.45) is 0.129. The van der Waals surface area contributed by atoms with Crippen molar-refractivity contribution in [1.82, 2.24) is 4.98 Å². The van der Waals surface area contributed by atoms with Crippen molar-refractivity contribution in [2.75, 3.05) is 0 Å². The molecule has 7 heteroatoms. The summed E-state index contributed by atoms with van der Waals surface area (Å²) in [5, 5.41) is 20.6. The number of carbonyl (C=O) groups is 1. The van der Waals surface area contributed by atoms with Crippen molar-refractivity contribution in [3.05, 3.63) is 69.1 Å². The van der Waals surface area contributed by atoms with Crippen LogP contribution in [0.5, 0.6) is 5.88 Å². The molecule has 4 aromatic rings. The Morgan fingerprint density at radius 2 is 1.78 bits per heavy atom. The van der Waals surface area contributed by atoms with Crippen molar-refractivity contribution < 1.29 is 9.90 Å². The molecule has 0 saturated carbocycles. The van der Waals surface area contributed by atoms with Gasteiger partial charge in [0.1, 0.15) is 0 Å². The summed E-state index contributed by atoms with van der Waals surface area (Å²) in [4.78, 5) is 15.2. The van der Waals surface area contributed by atoms with Crippen LogP contribution in [0.4, 0.5) is 5.69 Å². The number of benzene rings is 3. The SMILES string of the molecule is O=C(Cc1ccc(Br)c2ccccc12)N=Nc1c(O)[nH]c2ccc(Br)cc12. The molecule has 0 saturated heterocycles. The van der Waals surface area contributed by atoms with Gasteiger partial charge >= 0.3 is 0 Å². The lowest BCUT2D eigenvalue weighted by Crippen LogP contribution is -1.99. The van der Waals surface area contributed by atoms with Gasteiger partial charge in [-0.05, 0) is 40.6 Å². The van der Waals surface area contributed by atoms with E-state index in [1.165, 1.54) is 0 Å². The second-order valence-corrected chi connectivity index (χ2v) is 7.80. The zero-order valence-corrected chi connectivity index (χ0v) is 17.1. The van der Waals surface area contributed by atoms with Gasteiger partial charge in [0.25, 0.3) is 5.91 Å². The van der Waals surface area contributed by atoms with Gasteiger partial charge in [-0.1, -0.05) is 62.2 Å². The molecule has 0 aliphatic rings. The number of aromatic nitrogens is 1. The fraction of sp³-hybridized carbons (Fsp3) is 0.0500. The van der Waals surface area contributed by atoms with Gasteiger partial charge in [0.2, 0.25) is 5.88 Å². The van der Waals surface area contributed by atoms with E-state index in [1.807, 2.05) is 54.6 Å². The monoisotopic (exact) mass is 485 g/mol. The van der Waals surface area contributed by atoms with Gasteiger partial charge in [-0.2, -0.15) is 0 Å². The summed E-state index contributed by atoms with van der Waals surface area (Å²) in [6.45, 7) is 0. The number of hydrogen-bond acceptors (Lipinski definition) is 3. The molecule has 1 amide bonds. The highest BCUT2D eigenvalue weighted by molar-refractivity contribution is 9.11. The van der Waals surface area contributed by atoms with E-state index in [9.17, 15) is 9.90 Å². The highest BCUT2D eigenvalue weighted by Crippen LogP contribution is 2.37. The molecule has 0 fully saturated rings. The molecule has 0 radical (unpaired) electrons. The molecule has 4 rings (SSSR count). The maximum Gasteiger partial charge on any atom is 0.269 e. The fourth-order valence-electron chi connectivity index (χ4n) is 3.02. The minimum Gasteiger partial charge on any atom is -0.493 e. The lowest BCUT2D eigenvalue weighted by Gasteiger charge is -2.06. The predicted molar refractivity (Wildman–Crippen MR) is 113 cm³/mol. The Hall–Kier alpha value is -2.51. The van der Waals surface area contributed by atoms with E-state index < -0.39 is 0 Å². The van der Waals surface area contributed by atoms with Gasteiger partial charge in [-0.25, -0.2) is 0 Å². The average molecular weight is 487 g/mol. The normalized spacial score (nSPS) is 11.6. The Kier molecular flexibility index (Phi) is 4.80. The van der Waals surface area contributed by atoms with Crippen LogP contribution in [0.25, 0.3) is 21.7 Å². The van der Waals surface area contributed by atoms with E-state index in [1.54, 1.807) is 0 Å². The lowest BCUT2D eigenvalue weighted by atomic mass is 10.0. The Morgan fingerprint density at radius 1 is 1.00 bits per heavy atom. The van der Waals surface area contributed by atoms with E-state index in [0.717, 1.165) is 30.8 Å². The maximum atomic E-state index is 12.4. The summed E-state index contributed by atoms with van der Waals surface area (Å²) in [6, 6.07) is 17.2. The van der Waals surface area contributed by atoms with Crippen molar-refractivity contribution in [3.63, 3.8) is 0 Å². The summed E-state index contributed by atoms with van der Waals surface area (Å²) in [5.41, 5.74) is 1.85. The second-order valence-electron chi connectivity index (χ2n) is 6.03. The third-order valence-electron chi connectivity index (χ3n) is 4.28. The Bertz CT molecular complexity index is 1210. The zero-order chi connectivity index (χ0) is 19.0. The van der Waals surface area contributed by atoms with Gasteiger partial charge in [0.05, 0.1) is 11.9 Å². The Balaban J connectivity index is 1.63. The van der Waals surface area contributed by atoms with Crippen LogP contribution in [0.3, 0.4) is 0 Å². The number of aromatic hydroxyl groups is 1. The highest BCUT2D eigenvalue weighted by Gasteiger charge is 2.12. The minimum atomic E-state index is -0.383. The van der Waals surface area contributed by atoms with E-state index in [-0.39, 0.29) is 23.9 Å². The molecule has 1 heterocycles. The van der Waals surface area contributed by atoms with Crippen molar-refractivity contribution in [2.45, 2.75) is 6.42 Å². The number of nitrogens with zero attached hydrogens (tertiary/aromatic N) is 2.